The average Bonchev–Trinajstić information content (AvgIpc) is 2.74. The SMILES string of the molecule is CC(=O)C#Cc1ccc(O)c2c1CC1CC3C(N(C)C)C(=O)C(C(N)=O)CC3(O)C(=O)C1C2=O. The number of hydrogen-bond acceptors (Lipinski definition) is 8. The number of hydrogen-bond donors (Lipinski definition) is 3. The molecule has 0 heterocycles. The van der Waals surface area contributed by atoms with Crippen LogP contribution in [0.3, 0.4) is 0 Å². The summed E-state index contributed by atoms with van der Waals surface area (Å²) in [7, 11) is 3.25. The molecule has 1 amide bonds. The van der Waals surface area contributed by atoms with Gasteiger partial charge in [-0.1, -0.05) is 5.92 Å². The molecular formula is C25H26N2O7. The van der Waals surface area contributed by atoms with Crippen molar-refractivity contribution in [3.63, 3.8) is 0 Å². The molecule has 34 heavy (non-hydrogen) atoms. The molecule has 9 heteroatoms. The van der Waals surface area contributed by atoms with Crippen LogP contribution in [-0.4, -0.2) is 69.9 Å². The summed E-state index contributed by atoms with van der Waals surface area (Å²) in [6, 6.07) is 1.87. The first-order valence-electron chi connectivity index (χ1n) is 11.1. The Bertz CT molecular complexity index is 1210. The molecule has 1 aromatic carbocycles. The number of primary amides is 1. The Morgan fingerprint density at radius 1 is 1.21 bits per heavy atom. The number of likely N-dealkylation sites (N-methyl/N-ethyl adjacent to an activating group) is 1. The zero-order valence-corrected chi connectivity index (χ0v) is 19.1. The van der Waals surface area contributed by atoms with E-state index in [1.54, 1.807) is 19.0 Å². The number of carbonyl (C=O) groups is 5. The van der Waals surface area contributed by atoms with Crippen molar-refractivity contribution in [1.29, 1.82) is 0 Å². The van der Waals surface area contributed by atoms with E-state index in [1.165, 1.54) is 19.1 Å². The third-order valence-corrected chi connectivity index (χ3v) is 7.44. The van der Waals surface area contributed by atoms with E-state index in [0.29, 0.717) is 11.1 Å². The summed E-state index contributed by atoms with van der Waals surface area (Å²) in [6.07, 6.45) is -0.0875. The standard InChI is InChI=1S/C25H26N2O7/c1-11(28)4-5-12-6-7-17(29)19-14(12)8-13-9-16-20(27(2)3)21(30)15(24(26)33)10-25(16,34)23(32)18(13)22(19)31/h6-7,13,15-16,18,20,29,34H,8-10H2,1-3H3,(H2,26,33). The number of aliphatic hydroxyl groups is 1. The van der Waals surface area contributed by atoms with Crippen molar-refractivity contribution in [2.45, 2.75) is 37.8 Å². The molecule has 4 rings (SSSR count). The molecule has 0 aliphatic heterocycles. The predicted octanol–water partition coefficient (Wildman–Crippen LogP) is -0.371. The van der Waals surface area contributed by atoms with Gasteiger partial charge >= 0.3 is 0 Å². The van der Waals surface area contributed by atoms with E-state index in [9.17, 15) is 34.2 Å². The van der Waals surface area contributed by atoms with Gasteiger partial charge in [0.2, 0.25) is 11.7 Å². The molecule has 0 bridgehead atoms. The highest BCUT2D eigenvalue weighted by atomic mass is 16.3. The number of phenols is 1. The van der Waals surface area contributed by atoms with E-state index >= 15 is 0 Å². The second kappa shape index (κ2) is 8.15. The molecule has 0 radical (unpaired) electrons. The number of Topliss-reactive ketones (excluding diaryl/α,β-unsaturated/α-hetero) is 4. The molecule has 6 atom stereocenters. The smallest absolute Gasteiger partial charge is 0.228 e. The highest BCUT2D eigenvalue weighted by Gasteiger charge is 2.64. The van der Waals surface area contributed by atoms with Gasteiger partial charge in [0.25, 0.3) is 0 Å². The number of phenolic OH excluding ortho intramolecular Hbond substituents is 1. The maximum atomic E-state index is 13.7. The third kappa shape index (κ3) is 3.45. The molecule has 0 spiro atoms. The van der Waals surface area contributed by atoms with Gasteiger partial charge in [-0.15, -0.1) is 0 Å². The van der Waals surface area contributed by atoms with Crippen LogP contribution >= 0.6 is 0 Å². The van der Waals surface area contributed by atoms with E-state index in [4.69, 9.17) is 5.73 Å². The molecule has 2 fully saturated rings. The van der Waals surface area contributed by atoms with Crippen molar-refractivity contribution in [2.75, 3.05) is 14.1 Å². The quantitative estimate of drug-likeness (QED) is 0.394. The second-order valence-corrected chi connectivity index (χ2v) is 9.70. The van der Waals surface area contributed by atoms with Gasteiger partial charge in [0.05, 0.1) is 17.5 Å². The Morgan fingerprint density at radius 2 is 1.88 bits per heavy atom. The van der Waals surface area contributed by atoms with Crippen molar-refractivity contribution < 1.29 is 34.2 Å². The number of aromatic hydroxyl groups is 1. The first-order chi connectivity index (χ1) is 15.9. The summed E-state index contributed by atoms with van der Waals surface area (Å²) < 4.78 is 0. The second-order valence-electron chi connectivity index (χ2n) is 9.70. The van der Waals surface area contributed by atoms with Crippen LogP contribution in [0.25, 0.3) is 0 Å². The number of carbonyl (C=O) groups excluding carboxylic acids is 5. The van der Waals surface area contributed by atoms with Crippen molar-refractivity contribution in [1.82, 2.24) is 4.90 Å². The summed E-state index contributed by atoms with van der Waals surface area (Å²) in [4.78, 5) is 65.2. The largest absolute Gasteiger partial charge is 0.507 e. The van der Waals surface area contributed by atoms with E-state index < -0.39 is 65.0 Å². The minimum Gasteiger partial charge on any atom is -0.507 e. The molecule has 6 unspecified atom stereocenters. The minimum absolute atomic E-state index is 0.0468. The van der Waals surface area contributed by atoms with Gasteiger partial charge in [0.15, 0.2) is 17.3 Å². The number of nitrogens with two attached hydrogens (primary N) is 1. The van der Waals surface area contributed by atoms with Crippen LogP contribution in [0.2, 0.25) is 0 Å². The molecule has 178 valence electrons. The number of fused-ring (bicyclic) bond motifs is 3. The Hall–Kier alpha value is -3.35. The summed E-state index contributed by atoms with van der Waals surface area (Å²) in [5.41, 5.74) is 4.13. The van der Waals surface area contributed by atoms with Crippen molar-refractivity contribution in [3.8, 4) is 17.6 Å². The lowest BCUT2D eigenvalue weighted by molar-refractivity contribution is -0.176. The van der Waals surface area contributed by atoms with Gasteiger partial charge in [-0.05, 0) is 56.5 Å². The van der Waals surface area contributed by atoms with Crippen molar-refractivity contribution in [3.05, 3.63) is 28.8 Å². The van der Waals surface area contributed by atoms with Crippen LogP contribution in [0.1, 0.15) is 41.3 Å². The molecule has 4 N–H and O–H groups in total. The number of rotatable bonds is 2. The monoisotopic (exact) mass is 466 g/mol. The Labute approximate surface area is 196 Å². The van der Waals surface area contributed by atoms with Gasteiger partial charge in [-0.3, -0.25) is 28.9 Å². The fourth-order valence-corrected chi connectivity index (χ4v) is 5.98. The third-order valence-electron chi connectivity index (χ3n) is 7.44. The van der Waals surface area contributed by atoms with Gasteiger partial charge in [-0.25, -0.2) is 0 Å². The van der Waals surface area contributed by atoms with Gasteiger partial charge < -0.3 is 15.9 Å². The van der Waals surface area contributed by atoms with E-state index in [2.05, 4.69) is 11.8 Å². The number of benzene rings is 1. The van der Waals surface area contributed by atoms with Crippen LogP contribution in [-0.2, 0) is 25.6 Å². The Morgan fingerprint density at radius 3 is 2.47 bits per heavy atom. The first-order valence-corrected chi connectivity index (χ1v) is 11.1. The highest BCUT2D eigenvalue weighted by molar-refractivity contribution is 6.17. The normalized spacial score (nSPS) is 32.3. The molecule has 0 aromatic heterocycles. The first kappa shape index (κ1) is 23.8. The van der Waals surface area contributed by atoms with Crippen molar-refractivity contribution >= 4 is 29.0 Å². The molecule has 1 aromatic rings. The number of nitrogens with zero attached hydrogens (tertiary/aromatic N) is 1. The molecule has 2 saturated carbocycles. The maximum Gasteiger partial charge on any atom is 0.228 e. The Kier molecular flexibility index (Phi) is 5.70. The Balaban J connectivity index is 1.84. The summed E-state index contributed by atoms with van der Waals surface area (Å²) in [5.74, 6) is -2.24. The van der Waals surface area contributed by atoms with E-state index in [0.717, 1.165) is 0 Å². The van der Waals surface area contributed by atoms with Crippen LogP contribution < -0.4 is 5.73 Å². The van der Waals surface area contributed by atoms with Gasteiger partial charge in [0.1, 0.15) is 17.3 Å². The average molecular weight is 466 g/mol. The fraction of sp³-hybridized carbons (Fsp3) is 0.480. The molecule has 3 aliphatic carbocycles. The molecule has 0 saturated heterocycles. The van der Waals surface area contributed by atoms with Crippen LogP contribution in [0.5, 0.6) is 5.75 Å². The van der Waals surface area contributed by atoms with E-state index in [1.807, 2.05) is 0 Å². The zero-order chi connectivity index (χ0) is 25.1. The van der Waals surface area contributed by atoms with E-state index in [-0.39, 0.29) is 29.9 Å². The molecular weight excluding hydrogens is 440 g/mol. The van der Waals surface area contributed by atoms with Crippen LogP contribution in [0.15, 0.2) is 12.1 Å². The van der Waals surface area contributed by atoms with Gasteiger partial charge in [0, 0.05) is 24.8 Å². The molecule has 3 aliphatic rings. The summed E-state index contributed by atoms with van der Waals surface area (Å²) in [5, 5.41) is 22.0. The summed E-state index contributed by atoms with van der Waals surface area (Å²) >= 11 is 0. The van der Waals surface area contributed by atoms with Crippen LogP contribution in [0, 0.1) is 35.5 Å². The zero-order valence-electron chi connectivity index (χ0n) is 19.1. The lowest BCUT2D eigenvalue weighted by atomic mass is 9.52. The van der Waals surface area contributed by atoms with Crippen molar-refractivity contribution in [2.24, 2.45) is 29.4 Å². The topological polar surface area (TPSA) is 155 Å². The van der Waals surface area contributed by atoms with Gasteiger partial charge in [-0.2, -0.15) is 0 Å². The lowest BCUT2D eigenvalue weighted by Gasteiger charge is -2.53. The van der Waals surface area contributed by atoms with Crippen LogP contribution in [0.4, 0.5) is 0 Å². The minimum atomic E-state index is -2.08. The lowest BCUT2D eigenvalue weighted by Crippen LogP contribution is -2.69. The number of amides is 1. The highest BCUT2D eigenvalue weighted by Crippen LogP contribution is 2.51. The maximum absolute atomic E-state index is 13.7. The molecule has 9 nitrogen and oxygen atoms in total. The predicted molar refractivity (Wildman–Crippen MR) is 119 cm³/mol. The fourth-order valence-electron chi connectivity index (χ4n) is 5.98. The number of ketones is 4. The summed E-state index contributed by atoms with van der Waals surface area (Å²) in [6.45, 7) is 1.31.